The van der Waals surface area contributed by atoms with Gasteiger partial charge in [0.1, 0.15) is 32.2 Å². The zero-order valence-corrected chi connectivity index (χ0v) is 31.7. The summed E-state index contributed by atoms with van der Waals surface area (Å²) < 4.78 is 95.5. The topological polar surface area (TPSA) is 337 Å². The first-order valence-corrected chi connectivity index (χ1v) is 19.9. The number of ketones is 2. The minimum Gasteiger partial charge on any atom is -0.726 e. The first-order chi connectivity index (χ1) is 27.6. The highest BCUT2D eigenvalue weighted by Crippen LogP contribution is 2.44. The molecule has 3 aliphatic rings. The van der Waals surface area contributed by atoms with E-state index in [9.17, 15) is 51.2 Å². The molecule has 2 heterocycles. The van der Waals surface area contributed by atoms with E-state index in [1.54, 1.807) is 24.3 Å². The SMILES string of the molecule is O=C1C(=O)/C(=c2\ccc3c4c(cccc24)NC(COS(=O)(=O)[O-])(COS(=O)(=O)[O-])N=3)C(O)=C1c1ccc2c3c(cccc13)NC(COSOO[O-])(COSOO[O-])N2. The molecule has 27 heteroatoms. The van der Waals surface area contributed by atoms with Crippen molar-refractivity contribution in [2.24, 2.45) is 4.99 Å². The number of hydrogen-bond acceptors (Lipinski definition) is 25. The van der Waals surface area contributed by atoms with E-state index >= 15 is 0 Å². The van der Waals surface area contributed by atoms with Crippen LogP contribution in [0.15, 0.2) is 71.4 Å². The molecule has 0 aromatic heterocycles. The molecule has 0 radical (unpaired) electrons. The van der Waals surface area contributed by atoms with Gasteiger partial charge in [-0.25, -0.2) is 16.8 Å². The Morgan fingerprint density at radius 1 is 0.672 bits per heavy atom. The minimum atomic E-state index is -5.33. The number of rotatable bonds is 17. The summed E-state index contributed by atoms with van der Waals surface area (Å²) in [6, 6.07) is 15.1. The monoisotopic (exact) mass is 882 g/mol. The van der Waals surface area contributed by atoms with E-state index in [2.05, 4.69) is 48.1 Å². The van der Waals surface area contributed by atoms with Gasteiger partial charge in [0.15, 0.2) is 36.0 Å². The second-order valence-corrected chi connectivity index (χ2v) is 15.5. The molecule has 0 amide bonds. The van der Waals surface area contributed by atoms with Crippen molar-refractivity contribution in [3.8, 4) is 0 Å². The van der Waals surface area contributed by atoms with Gasteiger partial charge in [0.25, 0.3) is 0 Å². The lowest BCUT2D eigenvalue weighted by Gasteiger charge is -2.40. The lowest BCUT2D eigenvalue weighted by atomic mass is 9.92. The van der Waals surface area contributed by atoms with Crippen LogP contribution in [0, 0.1) is 0 Å². The van der Waals surface area contributed by atoms with E-state index in [4.69, 9.17) is 8.37 Å². The molecule has 308 valence electrons. The molecule has 4 aromatic carbocycles. The third kappa shape index (κ3) is 8.33. The van der Waals surface area contributed by atoms with Gasteiger partial charge in [-0.2, -0.15) is 0 Å². The Balaban J connectivity index is 1.33. The minimum absolute atomic E-state index is 0.0399. The fourth-order valence-corrected chi connectivity index (χ4v) is 8.08. The molecule has 4 N–H and O–H groups in total. The second kappa shape index (κ2) is 16.3. The molecular weight excluding hydrogens is 861 g/mol. The highest BCUT2D eigenvalue weighted by Gasteiger charge is 2.42. The average Bonchev–Trinajstić information content (AvgIpc) is 3.39. The summed E-state index contributed by atoms with van der Waals surface area (Å²) in [5, 5.41) is 49.5. The van der Waals surface area contributed by atoms with Crippen LogP contribution in [-0.4, -0.2) is 80.4 Å². The number of aliphatic hydroxyl groups is 1. The van der Waals surface area contributed by atoms with Crippen LogP contribution < -0.4 is 37.0 Å². The van der Waals surface area contributed by atoms with Crippen molar-refractivity contribution < 1.29 is 86.6 Å². The summed E-state index contributed by atoms with van der Waals surface area (Å²) >= 11 is 0.450. The summed E-state index contributed by atoms with van der Waals surface area (Å²) in [5.41, 5.74) is -2.92. The largest absolute Gasteiger partial charge is 0.726 e. The quantitative estimate of drug-likeness (QED) is 0.0190. The van der Waals surface area contributed by atoms with Crippen LogP contribution in [0.1, 0.15) is 5.56 Å². The Bertz CT molecular complexity index is 2670. The van der Waals surface area contributed by atoms with Crippen molar-refractivity contribution in [2.45, 2.75) is 11.3 Å². The summed E-state index contributed by atoms with van der Waals surface area (Å²) in [6.45, 7) is -2.72. The molecule has 0 bridgehead atoms. The third-order valence-corrected chi connectivity index (χ3v) is 10.3. The Kier molecular flexibility index (Phi) is 11.7. The van der Waals surface area contributed by atoms with Gasteiger partial charge < -0.3 is 40.7 Å². The van der Waals surface area contributed by atoms with Crippen molar-refractivity contribution in [3.63, 3.8) is 0 Å². The zero-order chi connectivity index (χ0) is 41.5. The van der Waals surface area contributed by atoms with Crippen LogP contribution >= 0.6 is 24.6 Å². The average molecular weight is 883 g/mol. The zero-order valence-electron chi connectivity index (χ0n) is 28.5. The summed E-state index contributed by atoms with van der Waals surface area (Å²) in [7, 11) is -10.7. The second-order valence-electron chi connectivity index (χ2n) is 12.4. The number of carbonyl (C=O) groups is 2. The van der Waals surface area contributed by atoms with E-state index in [0.29, 0.717) is 22.1 Å². The van der Waals surface area contributed by atoms with E-state index in [0.717, 1.165) is 0 Å². The molecule has 0 saturated carbocycles. The van der Waals surface area contributed by atoms with Gasteiger partial charge in [0.05, 0.1) is 16.5 Å². The Morgan fingerprint density at radius 2 is 1.22 bits per heavy atom. The molecule has 0 atom stereocenters. The van der Waals surface area contributed by atoms with Crippen LogP contribution in [0.25, 0.3) is 32.7 Å². The normalized spacial score (nSPS) is 17.9. The van der Waals surface area contributed by atoms with E-state index in [-0.39, 0.29) is 81.6 Å². The maximum absolute atomic E-state index is 13.8. The Hall–Kier alpha value is -4.53. The van der Waals surface area contributed by atoms with Crippen LogP contribution in [0.5, 0.6) is 0 Å². The number of nitrogens with one attached hydrogen (secondary N) is 3. The number of hydrogen-bond donors (Lipinski definition) is 4. The molecule has 0 saturated heterocycles. The first-order valence-electron chi connectivity index (χ1n) is 15.9. The van der Waals surface area contributed by atoms with Crippen molar-refractivity contribution in [3.05, 3.63) is 82.6 Å². The number of benzene rings is 4. The van der Waals surface area contributed by atoms with Crippen LogP contribution in [0.4, 0.5) is 17.1 Å². The lowest BCUT2D eigenvalue weighted by molar-refractivity contribution is -0.777. The van der Waals surface area contributed by atoms with Crippen LogP contribution in [-0.2, 0) is 65.9 Å². The number of Topliss-reactive ketones (excluding diaryl/α,β-unsaturated/α-hetero) is 2. The fraction of sp³-hybridized carbons (Fsp3) is 0.194. The fourth-order valence-electron chi connectivity index (χ4n) is 6.77. The molecule has 1 aliphatic carbocycles. The predicted molar refractivity (Wildman–Crippen MR) is 191 cm³/mol. The Labute approximate surface area is 333 Å². The van der Waals surface area contributed by atoms with Gasteiger partial charge in [0.2, 0.25) is 32.4 Å². The maximum atomic E-state index is 13.8. The summed E-state index contributed by atoms with van der Waals surface area (Å²) in [4.78, 5) is 32.0. The first kappa shape index (κ1) is 41.6. The maximum Gasteiger partial charge on any atom is 0.238 e. The summed E-state index contributed by atoms with van der Waals surface area (Å²) in [5.74, 6) is -2.75. The molecule has 0 spiro atoms. The van der Waals surface area contributed by atoms with Gasteiger partial charge in [-0.05, 0) is 45.8 Å². The molecule has 2 aliphatic heterocycles. The molecule has 58 heavy (non-hydrogen) atoms. The van der Waals surface area contributed by atoms with Crippen molar-refractivity contribution >= 4 is 107 Å². The highest BCUT2D eigenvalue weighted by molar-refractivity contribution is 7.90. The number of nitrogens with zero attached hydrogens (tertiary/aromatic N) is 1. The highest BCUT2D eigenvalue weighted by atomic mass is 32.3. The molecule has 0 unspecified atom stereocenters. The molecule has 0 fully saturated rings. The standard InChI is InChI=1S/C31H26N4O19S4/c36-27-25(17-7-9-21-23-15(17)3-1-5-19(23)32-30(34-21,11-47-55-53-51-39)12-48-56-54-52-40)28(37)29(38)26(27)18-8-10-22-24-16(18)4-2-6-20(24)33-31(35-22,13-49-57(41,42)43)14-50-58(44,45)46/h1-10,32-34,36,39-40H,11-14H2,(H,41,42,43)(H,44,45,46)/p-4/b26-18+. The van der Waals surface area contributed by atoms with Crippen molar-refractivity contribution in [1.29, 1.82) is 0 Å². The van der Waals surface area contributed by atoms with E-state index < -0.39 is 62.7 Å². The van der Waals surface area contributed by atoms with Crippen molar-refractivity contribution in [1.82, 2.24) is 0 Å². The van der Waals surface area contributed by atoms with E-state index in [1.165, 1.54) is 36.4 Å². The number of anilines is 3. The van der Waals surface area contributed by atoms with Gasteiger partial charge in [-0.15, -0.1) is 8.67 Å². The van der Waals surface area contributed by atoms with Crippen LogP contribution in [0.2, 0.25) is 0 Å². The van der Waals surface area contributed by atoms with Gasteiger partial charge in [-0.3, -0.25) is 41.4 Å². The van der Waals surface area contributed by atoms with E-state index in [1.807, 2.05) is 0 Å². The number of allylic oxidation sites excluding steroid dienone is 2. The van der Waals surface area contributed by atoms with Gasteiger partial charge in [-0.1, -0.05) is 36.4 Å². The van der Waals surface area contributed by atoms with Gasteiger partial charge >= 0.3 is 0 Å². The summed E-state index contributed by atoms with van der Waals surface area (Å²) in [6.07, 6.45) is 0. The molecule has 7 rings (SSSR count). The lowest BCUT2D eigenvalue weighted by Crippen LogP contribution is -2.55. The van der Waals surface area contributed by atoms with Crippen LogP contribution in [0.3, 0.4) is 0 Å². The van der Waals surface area contributed by atoms with Crippen molar-refractivity contribution in [2.75, 3.05) is 42.4 Å². The predicted octanol–water partition coefficient (Wildman–Crippen LogP) is -0.900. The number of carbonyl (C=O) groups excluding carboxylic acids is 2. The Morgan fingerprint density at radius 3 is 1.81 bits per heavy atom. The third-order valence-electron chi connectivity index (χ3n) is 8.88. The molecular formula is C31H22N4O19S4-4. The molecule has 23 nitrogen and oxygen atoms in total. The van der Waals surface area contributed by atoms with Gasteiger partial charge in [0, 0.05) is 27.8 Å². The smallest absolute Gasteiger partial charge is 0.238 e. The molecule has 4 aromatic rings. The number of aliphatic hydroxyl groups excluding tert-OH is 1.